The van der Waals surface area contributed by atoms with Gasteiger partial charge >= 0.3 is 18.0 Å². The molecule has 0 bridgehead atoms. The molecule has 1 amide bonds. The lowest BCUT2D eigenvalue weighted by molar-refractivity contribution is -0.159. The minimum Gasteiger partial charge on any atom is -0.473 e. The average molecular weight is 292 g/mol. The molecule has 0 saturated heterocycles. The summed E-state index contributed by atoms with van der Waals surface area (Å²) >= 11 is 0. The second-order valence-electron chi connectivity index (χ2n) is 5.01. The maximum Gasteiger partial charge on any atom is 0.414 e. The van der Waals surface area contributed by atoms with Crippen molar-refractivity contribution in [2.24, 2.45) is 5.73 Å². The number of nitrogens with two attached hydrogens (primary N) is 1. The minimum atomic E-state index is -1.82. The molecule has 0 atom stereocenters. The van der Waals surface area contributed by atoms with Crippen LogP contribution < -0.4 is 5.73 Å². The summed E-state index contributed by atoms with van der Waals surface area (Å²) in [5.74, 6) is -3.65. The van der Waals surface area contributed by atoms with E-state index in [-0.39, 0.29) is 6.09 Å². The Morgan fingerprint density at radius 2 is 1.55 bits per heavy atom. The summed E-state index contributed by atoms with van der Waals surface area (Å²) in [4.78, 5) is 31.2. The molecule has 0 aromatic rings. The van der Waals surface area contributed by atoms with Gasteiger partial charge in [0.05, 0.1) is 0 Å². The Morgan fingerprint density at radius 1 is 1.10 bits per heavy atom. The second-order valence-corrected chi connectivity index (χ2v) is 5.01. The first-order valence-corrected chi connectivity index (χ1v) is 6.11. The van der Waals surface area contributed by atoms with Crippen molar-refractivity contribution in [3.8, 4) is 0 Å². The van der Waals surface area contributed by atoms with Crippen LogP contribution in [-0.2, 0) is 14.3 Å². The molecule has 20 heavy (non-hydrogen) atoms. The van der Waals surface area contributed by atoms with E-state index in [1.54, 1.807) is 11.9 Å². The Morgan fingerprint density at radius 3 is 1.85 bits per heavy atom. The van der Waals surface area contributed by atoms with Crippen LogP contribution in [0.2, 0.25) is 0 Å². The first-order chi connectivity index (χ1) is 9.01. The molecule has 0 rings (SSSR count). The van der Waals surface area contributed by atoms with Gasteiger partial charge in [0.15, 0.2) is 0 Å². The van der Waals surface area contributed by atoms with Gasteiger partial charge < -0.3 is 25.6 Å². The van der Waals surface area contributed by atoms with Gasteiger partial charge in [0.25, 0.3) is 0 Å². The van der Waals surface area contributed by atoms with Crippen molar-refractivity contribution in [1.82, 2.24) is 4.90 Å². The van der Waals surface area contributed by atoms with E-state index in [9.17, 15) is 4.79 Å². The van der Waals surface area contributed by atoms with E-state index in [1.807, 2.05) is 20.8 Å². The van der Waals surface area contributed by atoms with Gasteiger partial charge in [-0.25, -0.2) is 14.4 Å². The molecule has 0 radical (unpaired) electrons. The highest BCUT2D eigenvalue weighted by Crippen LogP contribution is 2.09. The van der Waals surface area contributed by atoms with Crippen LogP contribution in [0.4, 0.5) is 4.79 Å². The molecular formula is C12H24N2O6. The lowest BCUT2D eigenvalue weighted by Gasteiger charge is -2.24. The maximum absolute atomic E-state index is 11.4. The number of carbonyl (C=O) groups excluding carboxylic acids is 1. The van der Waals surface area contributed by atoms with Gasteiger partial charge in [0.1, 0.15) is 5.60 Å². The van der Waals surface area contributed by atoms with Crippen molar-refractivity contribution in [2.45, 2.75) is 39.2 Å². The molecule has 8 nitrogen and oxygen atoms in total. The van der Waals surface area contributed by atoms with E-state index in [2.05, 4.69) is 0 Å². The summed E-state index contributed by atoms with van der Waals surface area (Å²) in [7, 11) is 1.74. The zero-order valence-corrected chi connectivity index (χ0v) is 12.4. The van der Waals surface area contributed by atoms with E-state index in [0.29, 0.717) is 13.1 Å². The molecule has 4 N–H and O–H groups in total. The fraction of sp³-hybridized carbons (Fsp3) is 0.750. The molecule has 0 unspecified atom stereocenters. The number of carboxylic acids is 2. The number of hydrogen-bond acceptors (Lipinski definition) is 5. The van der Waals surface area contributed by atoms with Crippen LogP contribution in [0.5, 0.6) is 0 Å². The quantitative estimate of drug-likeness (QED) is 0.514. The molecule has 0 aliphatic carbocycles. The zero-order chi connectivity index (χ0) is 16.3. The zero-order valence-electron chi connectivity index (χ0n) is 12.4. The third kappa shape index (κ3) is 14.2. The molecule has 0 heterocycles. The molecule has 0 fully saturated rings. The van der Waals surface area contributed by atoms with Crippen LogP contribution in [0.25, 0.3) is 0 Å². The summed E-state index contributed by atoms with van der Waals surface area (Å²) in [6, 6.07) is 0. The first-order valence-electron chi connectivity index (χ1n) is 6.11. The van der Waals surface area contributed by atoms with Gasteiger partial charge in [-0.05, 0) is 40.2 Å². The Bertz CT molecular complexity index is 312. The van der Waals surface area contributed by atoms with Crippen molar-refractivity contribution >= 4 is 18.0 Å². The summed E-state index contributed by atoms with van der Waals surface area (Å²) in [6.07, 6.45) is 1.59. The van der Waals surface area contributed by atoms with Crippen molar-refractivity contribution in [3.63, 3.8) is 0 Å². The number of nitrogens with zero attached hydrogens (tertiary/aromatic N) is 1. The summed E-state index contributed by atoms with van der Waals surface area (Å²) in [5, 5.41) is 14.8. The molecule has 0 saturated carbocycles. The monoisotopic (exact) mass is 292 g/mol. The molecular weight excluding hydrogens is 268 g/mol. The molecule has 0 aliphatic heterocycles. The minimum absolute atomic E-state index is 0.269. The van der Waals surface area contributed by atoms with Crippen LogP contribution in [0.15, 0.2) is 0 Å². The van der Waals surface area contributed by atoms with Crippen molar-refractivity contribution in [2.75, 3.05) is 20.1 Å². The van der Waals surface area contributed by atoms with Crippen LogP contribution in [0.1, 0.15) is 33.6 Å². The highest BCUT2D eigenvalue weighted by Gasteiger charge is 2.18. The van der Waals surface area contributed by atoms with E-state index in [0.717, 1.165) is 12.8 Å². The van der Waals surface area contributed by atoms with Crippen molar-refractivity contribution in [3.05, 3.63) is 0 Å². The topological polar surface area (TPSA) is 130 Å². The smallest absolute Gasteiger partial charge is 0.414 e. The number of carbonyl (C=O) groups is 3. The van der Waals surface area contributed by atoms with Gasteiger partial charge in [0.2, 0.25) is 0 Å². The number of amides is 1. The largest absolute Gasteiger partial charge is 0.473 e. The fourth-order valence-electron chi connectivity index (χ4n) is 0.924. The normalized spacial score (nSPS) is 10.1. The Labute approximate surface area is 118 Å². The number of unbranched alkanes of at least 4 members (excludes halogenated alkanes) is 1. The van der Waals surface area contributed by atoms with E-state index >= 15 is 0 Å². The van der Waals surface area contributed by atoms with Crippen molar-refractivity contribution < 1.29 is 29.3 Å². The predicted octanol–water partition coefficient (Wildman–Crippen LogP) is 0.748. The maximum atomic E-state index is 11.4. The Hall–Kier alpha value is -1.83. The first kappa shape index (κ1) is 20.5. The lowest BCUT2D eigenvalue weighted by atomic mass is 10.2. The van der Waals surface area contributed by atoms with Crippen LogP contribution in [-0.4, -0.2) is 58.9 Å². The number of rotatable bonds is 4. The van der Waals surface area contributed by atoms with Crippen LogP contribution in [0, 0.1) is 0 Å². The Balaban J connectivity index is 0. The highest BCUT2D eigenvalue weighted by atomic mass is 16.6. The third-order valence-corrected chi connectivity index (χ3v) is 1.84. The van der Waals surface area contributed by atoms with Gasteiger partial charge in [-0.15, -0.1) is 0 Å². The standard InChI is InChI=1S/C10H22N2O2.C2H2O4/c1-10(2,3)14-9(13)12(4)8-6-5-7-11;3-1(4)2(5)6/h5-8,11H2,1-4H3;(H,3,4)(H,5,6). The highest BCUT2D eigenvalue weighted by molar-refractivity contribution is 6.27. The lowest BCUT2D eigenvalue weighted by Crippen LogP contribution is -2.34. The number of hydrogen-bond donors (Lipinski definition) is 3. The van der Waals surface area contributed by atoms with Gasteiger partial charge in [-0.3, -0.25) is 0 Å². The van der Waals surface area contributed by atoms with E-state index in [4.69, 9.17) is 30.3 Å². The number of ether oxygens (including phenoxy) is 1. The predicted molar refractivity (Wildman–Crippen MR) is 72.4 cm³/mol. The molecule has 118 valence electrons. The summed E-state index contributed by atoms with van der Waals surface area (Å²) < 4.78 is 5.19. The number of carboxylic acid groups (broad SMARTS) is 2. The van der Waals surface area contributed by atoms with Gasteiger partial charge in [0, 0.05) is 13.6 Å². The third-order valence-electron chi connectivity index (χ3n) is 1.84. The summed E-state index contributed by atoms with van der Waals surface area (Å²) in [6.45, 7) is 6.95. The SMILES string of the molecule is CN(CCCCN)C(=O)OC(C)(C)C.O=C(O)C(=O)O. The van der Waals surface area contributed by atoms with Gasteiger partial charge in [-0.2, -0.15) is 0 Å². The molecule has 8 heteroatoms. The number of aliphatic carboxylic acids is 2. The van der Waals surface area contributed by atoms with Crippen LogP contribution in [0.3, 0.4) is 0 Å². The molecule has 0 spiro atoms. The average Bonchev–Trinajstić information content (AvgIpc) is 2.27. The Kier molecular flexibility index (Phi) is 10.3. The van der Waals surface area contributed by atoms with E-state index < -0.39 is 17.5 Å². The van der Waals surface area contributed by atoms with E-state index in [1.165, 1.54) is 0 Å². The second kappa shape index (κ2) is 10.0. The van der Waals surface area contributed by atoms with Crippen LogP contribution >= 0.6 is 0 Å². The van der Waals surface area contributed by atoms with Crippen molar-refractivity contribution in [1.29, 1.82) is 0 Å². The van der Waals surface area contributed by atoms with Gasteiger partial charge in [-0.1, -0.05) is 0 Å². The molecule has 0 aromatic heterocycles. The molecule has 0 aliphatic rings. The summed E-state index contributed by atoms with van der Waals surface area (Å²) in [5.41, 5.74) is 4.94. The molecule has 0 aromatic carbocycles. The fourth-order valence-corrected chi connectivity index (χ4v) is 0.924.